The van der Waals surface area contributed by atoms with Crippen LogP contribution in [0.5, 0.6) is 0 Å². The molecule has 3 rings (SSSR count). The van der Waals surface area contributed by atoms with Crippen LogP contribution in [0.1, 0.15) is 22.9 Å². The van der Waals surface area contributed by atoms with E-state index in [4.69, 9.17) is 0 Å². The van der Waals surface area contributed by atoms with Gasteiger partial charge in [-0.3, -0.25) is 4.79 Å². The molecular formula is C15H20N6O3S. The van der Waals surface area contributed by atoms with Crippen molar-refractivity contribution in [1.82, 2.24) is 28.7 Å². The van der Waals surface area contributed by atoms with Crippen LogP contribution in [0.15, 0.2) is 29.7 Å². The van der Waals surface area contributed by atoms with Crippen LogP contribution in [-0.4, -0.2) is 69.2 Å². The van der Waals surface area contributed by atoms with Gasteiger partial charge in [-0.15, -0.1) is 0 Å². The van der Waals surface area contributed by atoms with Gasteiger partial charge in [-0.2, -0.15) is 4.31 Å². The number of aromatic nitrogens is 4. The van der Waals surface area contributed by atoms with Crippen molar-refractivity contribution in [2.24, 2.45) is 7.05 Å². The van der Waals surface area contributed by atoms with Crippen LogP contribution < -0.4 is 0 Å². The summed E-state index contributed by atoms with van der Waals surface area (Å²) in [7, 11) is -1.91. The van der Waals surface area contributed by atoms with Crippen LogP contribution in [0.25, 0.3) is 0 Å². The van der Waals surface area contributed by atoms with Gasteiger partial charge < -0.3 is 9.47 Å². The Labute approximate surface area is 146 Å². The van der Waals surface area contributed by atoms with Crippen molar-refractivity contribution in [2.45, 2.75) is 18.4 Å². The smallest absolute Gasteiger partial charge is 0.291 e. The largest absolute Gasteiger partial charge is 0.337 e. The van der Waals surface area contributed by atoms with Gasteiger partial charge in [-0.25, -0.2) is 23.4 Å². The van der Waals surface area contributed by atoms with Gasteiger partial charge in [0.1, 0.15) is 5.82 Å². The van der Waals surface area contributed by atoms with Gasteiger partial charge in [0.15, 0.2) is 5.03 Å². The van der Waals surface area contributed by atoms with Gasteiger partial charge in [0.05, 0.1) is 0 Å². The number of amides is 1. The third-order valence-corrected chi connectivity index (χ3v) is 5.96. The van der Waals surface area contributed by atoms with Crippen molar-refractivity contribution >= 4 is 15.9 Å². The van der Waals surface area contributed by atoms with Crippen molar-refractivity contribution in [1.29, 1.82) is 0 Å². The van der Waals surface area contributed by atoms with E-state index in [1.807, 2.05) is 0 Å². The number of nitrogens with zero attached hydrogens (tertiary/aromatic N) is 6. The van der Waals surface area contributed by atoms with Gasteiger partial charge in [0.2, 0.25) is 5.82 Å². The number of imidazole rings is 1. The minimum absolute atomic E-state index is 0.0404. The van der Waals surface area contributed by atoms with E-state index in [1.165, 1.54) is 22.9 Å². The highest BCUT2D eigenvalue weighted by Crippen LogP contribution is 2.17. The van der Waals surface area contributed by atoms with E-state index in [9.17, 15) is 13.2 Å². The molecule has 1 aliphatic rings. The van der Waals surface area contributed by atoms with Gasteiger partial charge in [0.25, 0.3) is 15.9 Å². The monoisotopic (exact) mass is 364 g/mol. The second-order valence-electron chi connectivity index (χ2n) is 5.86. The molecule has 10 heteroatoms. The average Bonchev–Trinajstić information content (AvgIpc) is 2.82. The molecule has 0 unspecified atom stereocenters. The highest BCUT2D eigenvalue weighted by molar-refractivity contribution is 7.89. The lowest BCUT2D eigenvalue weighted by molar-refractivity contribution is 0.0752. The zero-order valence-corrected chi connectivity index (χ0v) is 15.0. The molecule has 3 heterocycles. The van der Waals surface area contributed by atoms with Crippen molar-refractivity contribution < 1.29 is 13.2 Å². The number of hydrogen-bond acceptors (Lipinski definition) is 6. The molecule has 1 aliphatic heterocycles. The first-order chi connectivity index (χ1) is 11.9. The van der Waals surface area contributed by atoms with Crippen LogP contribution in [0.3, 0.4) is 0 Å². The number of carbonyl (C=O) groups excluding carboxylic acids is 1. The maximum Gasteiger partial charge on any atom is 0.291 e. The van der Waals surface area contributed by atoms with Crippen molar-refractivity contribution in [3.63, 3.8) is 0 Å². The molecule has 0 atom stereocenters. The molecule has 0 spiro atoms. The van der Waals surface area contributed by atoms with Crippen LogP contribution in [0.2, 0.25) is 0 Å². The average molecular weight is 364 g/mol. The minimum atomic E-state index is -3.67. The first-order valence-electron chi connectivity index (χ1n) is 7.96. The Kier molecular flexibility index (Phi) is 4.82. The number of sulfonamides is 1. The number of aryl methyl sites for hydroxylation is 2. The summed E-state index contributed by atoms with van der Waals surface area (Å²) in [6, 6.07) is 1.64. The molecule has 0 N–H and O–H groups in total. The van der Waals surface area contributed by atoms with Gasteiger partial charge in [-0.1, -0.05) is 0 Å². The van der Waals surface area contributed by atoms with Crippen LogP contribution in [0.4, 0.5) is 0 Å². The van der Waals surface area contributed by atoms with E-state index in [1.54, 1.807) is 29.5 Å². The SMILES string of the molecule is Cc1nc(S(=O)(=O)N2CCCN(C(=O)c3ncccn3)CC2)cn1C. The van der Waals surface area contributed by atoms with Crippen molar-refractivity contribution in [3.8, 4) is 0 Å². The fourth-order valence-corrected chi connectivity index (χ4v) is 4.17. The third kappa shape index (κ3) is 3.54. The quantitative estimate of drug-likeness (QED) is 0.763. The van der Waals surface area contributed by atoms with E-state index in [0.717, 1.165) is 0 Å². The maximum atomic E-state index is 12.8. The predicted molar refractivity (Wildman–Crippen MR) is 89.3 cm³/mol. The molecule has 0 bridgehead atoms. The maximum absolute atomic E-state index is 12.8. The molecule has 0 aromatic carbocycles. The van der Waals surface area contributed by atoms with Gasteiger partial charge >= 0.3 is 0 Å². The number of rotatable bonds is 3. The normalized spacial score (nSPS) is 16.6. The van der Waals surface area contributed by atoms with Crippen molar-refractivity contribution in [3.05, 3.63) is 36.3 Å². The Balaban J connectivity index is 1.74. The highest BCUT2D eigenvalue weighted by Gasteiger charge is 2.30. The minimum Gasteiger partial charge on any atom is -0.337 e. The molecule has 2 aromatic rings. The number of carbonyl (C=O) groups is 1. The molecule has 1 amide bonds. The van der Waals surface area contributed by atoms with E-state index in [-0.39, 0.29) is 23.3 Å². The molecule has 0 aliphatic carbocycles. The van der Waals surface area contributed by atoms with Crippen LogP contribution in [-0.2, 0) is 17.1 Å². The molecular weight excluding hydrogens is 344 g/mol. The molecule has 0 radical (unpaired) electrons. The molecule has 2 aromatic heterocycles. The topological polar surface area (TPSA) is 101 Å². The summed E-state index contributed by atoms with van der Waals surface area (Å²) >= 11 is 0. The molecule has 25 heavy (non-hydrogen) atoms. The lowest BCUT2D eigenvalue weighted by atomic mass is 10.3. The van der Waals surface area contributed by atoms with E-state index in [2.05, 4.69) is 15.0 Å². The van der Waals surface area contributed by atoms with Gasteiger partial charge in [0, 0.05) is 51.8 Å². The Hall–Kier alpha value is -2.33. The summed E-state index contributed by atoms with van der Waals surface area (Å²) in [5, 5.41) is 0.0404. The zero-order valence-electron chi connectivity index (χ0n) is 14.2. The van der Waals surface area contributed by atoms with E-state index < -0.39 is 10.0 Å². The fraction of sp³-hybridized carbons (Fsp3) is 0.467. The van der Waals surface area contributed by atoms with E-state index in [0.29, 0.717) is 31.9 Å². The lowest BCUT2D eigenvalue weighted by Gasteiger charge is -2.20. The Morgan fingerprint density at radius 2 is 1.84 bits per heavy atom. The fourth-order valence-electron chi connectivity index (χ4n) is 2.67. The molecule has 9 nitrogen and oxygen atoms in total. The van der Waals surface area contributed by atoms with Crippen molar-refractivity contribution in [2.75, 3.05) is 26.2 Å². The number of hydrogen-bond donors (Lipinski definition) is 0. The first kappa shape index (κ1) is 17.5. The van der Waals surface area contributed by atoms with Gasteiger partial charge in [-0.05, 0) is 19.4 Å². The lowest BCUT2D eigenvalue weighted by Crippen LogP contribution is -2.38. The third-order valence-electron chi connectivity index (χ3n) is 4.19. The summed E-state index contributed by atoms with van der Waals surface area (Å²) < 4.78 is 28.6. The highest BCUT2D eigenvalue weighted by atomic mass is 32.2. The second-order valence-corrected chi connectivity index (χ2v) is 7.74. The molecule has 0 saturated carbocycles. The Bertz CT molecular complexity index is 845. The molecule has 1 fully saturated rings. The Morgan fingerprint density at radius 1 is 1.12 bits per heavy atom. The van der Waals surface area contributed by atoms with E-state index >= 15 is 0 Å². The summed E-state index contributed by atoms with van der Waals surface area (Å²) in [6.07, 6.45) is 5.08. The summed E-state index contributed by atoms with van der Waals surface area (Å²) in [5.74, 6) is 0.471. The molecule has 1 saturated heterocycles. The molecule has 134 valence electrons. The standard InChI is InChI=1S/C15H20N6O3S/c1-12-18-13(11-19(12)2)25(23,24)21-8-4-7-20(9-10-21)15(22)14-16-5-3-6-17-14/h3,5-6,11H,4,7-10H2,1-2H3. The zero-order chi connectivity index (χ0) is 18.0. The van der Waals surface area contributed by atoms with Crippen LogP contribution in [0, 0.1) is 6.92 Å². The summed E-state index contributed by atoms with van der Waals surface area (Å²) in [5.41, 5.74) is 0. The Morgan fingerprint density at radius 3 is 2.48 bits per heavy atom. The predicted octanol–water partition coefficient (Wildman–Crippen LogP) is 0.0553. The second kappa shape index (κ2) is 6.89. The first-order valence-corrected chi connectivity index (χ1v) is 9.40. The van der Waals surface area contributed by atoms with Crippen LogP contribution >= 0.6 is 0 Å². The summed E-state index contributed by atoms with van der Waals surface area (Å²) in [6.45, 7) is 3.07. The summed E-state index contributed by atoms with van der Waals surface area (Å²) in [4.78, 5) is 26.1.